The number of para-hydroxylation sites is 2. The Morgan fingerprint density at radius 3 is 1.60 bits per heavy atom. The Labute approximate surface area is 249 Å². The highest BCUT2D eigenvalue weighted by molar-refractivity contribution is 6.25. The molecule has 0 fully saturated rings. The minimum Gasteiger partial charge on any atom is -0.352 e. The SMILES string of the molecule is C1=C(c2cccc(-c3ccc4c5ccccc5c5ccccc5c4c3)c2)NC(n2c3ccccc3c3ccccc32)NC1. The van der Waals surface area contributed by atoms with Gasteiger partial charge in [-0.25, -0.2) is 0 Å². The van der Waals surface area contributed by atoms with Gasteiger partial charge in [-0.2, -0.15) is 0 Å². The molecule has 0 bridgehead atoms. The Morgan fingerprint density at radius 1 is 0.442 bits per heavy atom. The second kappa shape index (κ2) is 9.59. The molecule has 1 aromatic heterocycles. The lowest BCUT2D eigenvalue weighted by atomic mass is 9.91. The fraction of sp³-hybridized carbons (Fsp3) is 0.0500. The summed E-state index contributed by atoms with van der Waals surface area (Å²) in [5.74, 6) is 0. The van der Waals surface area contributed by atoms with Gasteiger partial charge in [0.25, 0.3) is 0 Å². The van der Waals surface area contributed by atoms with Gasteiger partial charge in [-0.1, -0.05) is 115 Å². The molecule has 1 atom stereocenters. The first-order chi connectivity index (χ1) is 21.3. The lowest BCUT2D eigenvalue weighted by Crippen LogP contribution is -2.41. The van der Waals surface area contributed by atoms with Gasteiger partial charge >= 0.3 is 0 Å². The molecule has 9 rings (SSSR count). The van der Waals surface area contributed by atoms with Crippen LogP contribution in [0.4, 0.5) is 0 Å². The topological polar surface area (TPSA) is 29.0 Å². The number of nitrogens with one attached hydrogen (secondary N) is 2. The van der Waals surface area contributed by atoms with Crippen LogP contribution in [-0.2, 0) is 0 Å². The zero-order chi connectivity index (χ0) is 28.3. The lowest BCUT2D eigenvalue weighted by molar-refractivity contribution is 0.395. The van der Waals surface area contributed by atoms with Crippen molar-refractivity contribution >= 4 is 59.8 Å². The molecule has 3 heteroatoms. The summed E-state index contributed by atoms with van der Waals surface area (Å²) in [6.07, 6.45) is 2.19. The van der Waals surface area contributed by atoms with Crippen molar-refractivity contribution in [1.82, 2.24) is 15.2 Å². The number of benzene rings is 7. The van der Waals surface area contributed by atoms with Crippen molar-refractivity contribution in [1.29, 1.82) is 0 Å². The van der Waals surface area contributed by atoms with Crippen LogP contribution in [-0.4, -0.2) is 11.1 Å². The predicted molar refractivity (Wildman–Crippen MR) is 182 cm³/mol. The van der Waals surface area contributed by atoms with Gasteiger partial charge in [0.1, 0.15) is 0 Å². The Kier molecular flexibility index (Phi) is 5.40. The zero-order valence-electron chi connectivity index (χ0n) is 23.6. The lowest BCUT2D eigenvalue weighted by Gasteiger charge is -2.29. The van der Waals surface area contributed by atoms with Crippen molar-refractivity contribution in [3.05, 3.63) is 151 Å². The Balaban J connectivity index is 1.12. The molecule has 1 aliphatic rings. The molecule has 43 heavy (non-hydrogen) atoms. The summed E-state index contributed by atoms with van der Waals surface area (Å²) in [7, 11) is 0. The van der Waals surface area contributed by atoms with E-state index in [9.17, 15) is 0 Å². The fourth-order valence-corrected chi connectivity index (χ4v) is 7.07. The summed E-state index contributed by atoms with van der Waals surface area (Å²) in [5, 5.41) is 17.9. The Morgan fingerprint density at radius 2 is 0.953 bits per heavy atom. The highest BCUT2D eigenvalue weighted by Gasteiger charge is 2.21. The molecule has 0 saturated heterocycles. The average molecular weight is 552 g/mol. The van der Waals surface area contributed by atoms with E-state index in [4.69, 9.17) is 0 Å². The smallest absolute Gasteiger partial charge is 0.160 e. The van der Waals surface area contributed by atoms with Crippen molar-refractivity contribution in [2.24, 2.45) is 0 Å². The van der Waals surface area contributed by atoms with E-state index in [1.165, 1.54) is 70.8 Å². The van der Waals surface area contributed by atoms with Crippen LogP contribution in [0, 0.1) is 0 Å². The molecule has 8 aromatic rings. The van der Waals surface area contributed by atoms with Crippen LogP contribution in [0.1, 0.15) is 11.9 Å². The molecule has 2 heterocycles. The van der Waals surface area contributed by atoms with Crippen LogP contribution in [0.15, 0.2) is 146 Å². The van der Waals surface area contributed by atoms with E-state index in [0.717, 1.165) is 12.2 Å². The van der Waals surface area contributed by atoms with Gasteiger partial charge < -0.3 is 9.88 Å². The number of hydrogen-bond donors (Lipinski definition) is 2. The van der Waals surface area contributed by atoms with Crippen LogP contribution in [0.25, 0.3) is 70.9 Å². The van der Waals surface area contributed by atoms with Gasteiger partial charge in [0.15, 0.2) is 6.29 Å². The minimum absolute atomic E-state index is 0.0613. The Bertz CT molecular complexity index is 2310. The van der Waals surface area contributed by atoms with E-state index in [2.05, 4.69) is 161 Å². The average Bonchev–Trinajstić information content (AvgIpc) is 3.43. The summed E-state index contributed by atoms with van der Waals surface area (Å²) >= 11 is 0. The second-order valence-corrected chi connectivity index (χ2v) is 11.4. The largest absolute Gasteiger partial charge is 0.352 e. The molecule has 204 valence electrons. The van der Waals surface area contributed by atoms with Crippen LogP contribution in [0.2, 0.25) is 0 Å². The van der Waals surface area contributed by atoms with Gasteiger partial charge in [0, 0.05) is 23.0 Å². The van der Waals surface area contributed by atoms with Crippen molar-refractivity contribution in [3.8, 4) is 11.1 Å². The maximum Gasteiger partial charge on any atom is 0.160 e. The van der Waals surface area contributed by atoms with Crippen LogP contribution >= 0.6 is 0 Å². The van der Waals surface area contributed by atoms with Crippen molar-refractivity contribution in [3.63, 3.8) is 0 Å². The van der Waals surface area contributed by atoms with Crippen LogP contribution in [0.5, 0.6) is 0 Å². The summed E-state index contributed by atoms with van der Waals surface area (Å²) in [6, 6.07) is 50.7. The molecule has 1 unspecified atom stereocenters. The molecule has 0 saturated carbocycles. The molecule has 3 nitrogen and oxygen atoms in total. The molecule has 0 radical (unpaired) electrons. The third-order valence-electron chi connectivity index (χ3n) is 9.04. The van der Waals surface area contributed by atoms with Crippen molar-refractivity contribution in [2.45, 2.75) is 6.29 Å². The normalized spacial score (nSPS) is 15.3. The van der Waals surface area contributed by atoms with E-state index < -0.39 is 0 Å². The van der Waals surface area contributed by atoms with E-state index in [1.54, 1.807) is 0 Å². The standard InChI is InChI=1S/C40H29N3/c1-2-14-31-29(12-1)30-13-3-4-15-32(30)36-25-27(20-21-33(31)36)26-10-9-11-28(24-26)37-22-23-41-40(42-37)43-38-18-7-5-16-34(38)35-17-6-8-19-39(35)43/h1-22,24-25,40-42H,23H2. The third kappa shape index (κ3) is 3.79. The summed E-state index contributed by atoms with van der Waals surface area (Å²) in [6.45, 7) is 0.785. The van der Waals surface area contributed by atoms with Crippen LogP contribution in [0.3, 0.4) is 0 Å². The fourth-order valence-electron chi connectivity index (χ4n) is 7.07. The number of aromatic nitrogens is 1. The highest BCUT2D eigenvalue weighted by Crippen LogP contribution is 2.38. The van der Waals surface area contributed by atoms with Gasteiger partial charge in [-0.05, 0) is 79.3 Å². The van der Waals surface area contributed by atoms with Gasteiger partial charge in [-0.15, -0.1) is 0 Å². The molecule has 7 aromatic carbocycles. The maximum absolute atomic E-state index is 3.82. The van der Waals surface area contributed by atoms with E-state index in [-0.39, 0.29) is 6.29 Å². The second-order valence-electron chi connectivity index (χ2n) is 11.4. The van der Waals surface area contributed by atoms with Gasteiger partial charge in [-0.3, -0.25) is 5.32 Å². The molecule has 0 aliphatic carbocycles. The summed E-state index contributed by atoms with van der Waals surface area (Å²) in [5.41, 5.74) is 7.21. The first-order valence-corrected chi connectivity index (χ1v) is 15.0. The molecular formula is C40H29N3. The highest BCUT2D eigenvalue weighted by atomic mass is 15.3. The predicted octanol–water partition coefficient (Wildman–Crippen LogP) is 9.61. The molecule has 0 spiro atoms. The summed E-state index contributed by atoms with van der Waals surface area (Å²) in [4.78, 5) is 0. The monoisotopic (exact) mass is 551 g/mol. The van der Waals surface area contributed by atoms with Crippen molar-refractivity contribution in [2.75, 3.05) is 6.54 Å². The maximum atomic E-state index is 3.82. The number of hydrogen-bond acceptors (Lipinski definition) is 2. The zero-order valence-corrected chi connectivity index (χ0v) is 23.6. The summed E-state index contributed by atoms with van der Waals surface area (Å²) < 4.78 is 2.39. The number of nitrogens with zero attached hydrogens (tertiary/aromatic N) is 1. The first kappa shape index (κ1) is 24.2. The third-order valence-corrected chi connectivity index (χ3v) is 9.04. The number of rotatable bonds is 3. The van der Waals surface area contributed by atoms with E-state index in [1.807, 2.05) is 0 Å². The Hall–Kier alpha value is -5.38. The van der Waals surface area contributed by atoms with Gasteiger partial charge in [0.05, 0.1) is 11.0 Å². The van der Waals surface area contributed by atoms with Crippen molar-refractivity contribution < 1.29 is 0 Å². The minimum atomic E-state index is -0.0613. The number of fused-ring (bicyclic) bond motifs is 9. The molecule has 1 aliphatic heterocycles. The molecular weight excluding hydrogens is 522 g/mol. The first-order valence-electron chi connectivity index (χ1n) is 15.0. The van der Waals surface area contributed by atoms with Gasteiger partial charge in [0.2, 0.25) is 0 Å². The quantitative estimate of drug-likeness (QED) is 0.214. The van der Waals surface area contributed by atoms with Crippen LogP contribution < -0.4 is 10.6 Å². The van der Waals surface area contributed by atoms with E-state index >= 15 is 0 Å². The van der Waals surface area contributed by atoms with E-state index in [0.29, 0.717) is 0 Å². The molecule has 2 N–H and O–H groups in total. The molecule has 0 amide bonds.